The van der Waals surface area contributed by atoms with Crippen molar-refractivity contribution in [1.29, 1.82) is 0 Å². The summed E-state index contributed by atoms with van der Waals surface area (Å²) in [6.45, 7) is 9.49. The number of carbonyl (C=O) groups is 2. The van der Waals surface area contributed by atoms with Crippen molar-refractivity contribution in [1.82, 2.24) is 10.2 Å². The Kier molecular flexibility index (Phi) is 6.28. The largest absolute Gasteiger partial charge is 0.380 e. The van der Waals surface area contributed by atoms with Gasteiger partial charge in [-0.15, -0.1) is 0 Å². The second kappa shape index (κ2) is 7.48. The molecule has 2 amide bonds. The van der Waals surface area contributed by atoms with Crippen LogP contribution in [0.1, 0.15) is 40.5 Å². The molecule has 0 aromatic heterocycles. The van der Waals surface area contributed by atoms with E-state index >= 15 is 0 Å². The molecule has 110 valence electrons. The summed E-state index contributed by atoms with van der Waals surface area (Å²) in [4.78, 5) is 26.0. The van der Waals surface area contributed by atoms with Gasteiger partial charge in [-0.05, 0) is 19.3 Å². The summed E-state index contributed by atoms with van der Waals surface area (Å²) < 4.78 is 5.44. The molecule has 0 bridgehead atoms. The van der Waals surface area contributed by atoms with Gasteiger partial charge in [0.05, 0.1) is 6.61 Å². The topological polar surface area (TPSA) is 58.6 Å². The zero-order chi connectivity index (χ0) is 14.4. The van der Waals surface area contributed by atoms with Crippen LogP contribution in [0.15, 0.2) is 0 Å². The number of piperazine rings is 1. The molecule has 0 aromatic rings. The fourth-order valence-electron chi connectivity index (χ4n) is 2.34. The highest BCUT2D eigenvalue weighted by molar-refractivity contribution is 5.96. The third-order valence-electron chi connectivity index (χ3n) is 3.62. The molecule has 0 spiro atoms. The molecule has 5 heteroatoms. The van der Waals surface area contributed by atoms with E-state index in [1.807, 2.05) is 20.8 Å². The molecule has 1 saturated heterocycles. The quantitative estimate of drug-likeness (QED) is 0.707. The molecule has 0 aromatic carbocycles. The molecule has 0 aliphatic carbocycles. The number of nitrogens with zero attached hydrogens (tertiary/aromatic N) is 1. The van der Waals surface area contributed by atoms with Gasteiger partial charge in [0.2, 0.25) is 11.8 Å². The van der Waals surface area contributed by atoms with Crippen molar-refractivity contribution >= 4 is 11.8 Å². The number of nitrogens with one attached hydrogen (secondary N) is 1. The molecule has 0 radical (unpaired) electrons. The zero-order valence-electron chi connectivity index (χ0n) is 12.4. The van der Waals surface area contributed by atoms with E-state index in [0.717, 1.165) is 12.8 Å². The van der Waals surface area contributed by atoms with Crippen LogP contribution >= 0.6 is 0 Å². The van der Waals surface area contributed by atoms with E-state index in [-0.39, 0.29) is 23.8 Å². The van der Waals surface area contributed by atoms with E-state index in [2.05, 4.69) is 5.32 Å². The van der Waals surface area contributed by atoms with E-state index in [0.29, 0.717) is 19.8 Å². The maximum Gasteiger partial charge on any atom is 0.245 e. The van der Waals surface area contributed by atoms with Crippen LogP contribution in [0.4, 0.5) is 0 Å². The Morgan fingerprint density at radius 1 is 1.32 bits per heavy atom. The number of hydrogen-bond donors (Lipinski definition) is 1. The minimum atomic E-state index is -0.431. The van der Waals surface area contributed by atoms with Crippen LogP contribution < -0.4 is 5.32 Å². The van der Waals surface area contributed by atoms with Crippen LogP contribution in [-0.4, -0.2) is 48.6 Å². The molecule has 1 aliphatic rings. The minimum Gasteiger partial charge on any atom is -0.380 e. The van der Waals surface area contributed by atoms with Crippen molar-refractivity contribution in [3.05, 3.63) is 0 Å². The van der Waals surface area contributed by atoms with E-state index in [9.17, 15) is 9.59 Å². The lowest BCUT2D eigenvalue weighted by Gasteiger charge is -2.40. The molecule has 3 atom stereocenters. The maximum absolute atomic E-state index is 12.2. The lowest BCUT2D eigenvalue weighted by molar-refractivity contribution is -0.151. The monoisotopic (exact) mass is 270 g/mol. The third-order valence-corrected chi connectivity index (χ3v) is 3.62. The average Bonchev–Trinajstić information content (AvgIpc) is 2.39. The van der Waals surface area contributed by atoms with Gasteiger partial charge in [-0.3, -0.25) is 9.59 Å². The summed E-state index contributed by atoms with van der Waals surface area (Å²) in [5.41, 5.74) is 0. The number of carbonyl (C=O) groups excluding carboxylic acids is 2. The van der Waals surface area contributed by atoms with Crippen molar-refractivity contribution in [2.45, 2.75) is 52.6 Å². The van der Waals surface area contributed by atoms with Gasteiger partial charge in [0.25, 0.3) is 0 Å². The first-order valence-corrected chi connectivity index (χ1v) is 7.21. The first-order chi connectivity index (χ1) is 9.02. The fraction of sp³-hybridized carbons (Fsp3) is 0.857. The smallest absolute Gasteiger partial charge is 0.245 e. The second-order valence-electron chi connectivity index (χ2n) is 5.20. The normalized spacial score (nSPS) is 25.4. The lowest BCUT2D eigenvalue weighted by Crippen LogP contribution is -2.64. The van der Waals surface area contributed by atoms with E-state index < -0.39 is 6.04 Å². The van der Waals surface area contributed by atoms with E-state index in [4.69, 9.17) is 4.74 Å². The van der Waals surface area contributed by atoms with Crippen LogP contribution in [-0.2, 0) is 14.3 Å². The van der Waals surface area contributed by atoms with Crippen molar-refractivity contribution < 1.29 is 14.3 Å². The minimum absolute atomic E-state index is 0.00926. The highest BCUT2D eigenvalue weighted by Crippen LogP contribution is 2.19. The summed E-state index contributed by atoms with van der Waals surface area (Å²) >= 11 is 0. The van der Waals surface area contributed by atoms with E-state index in [1.54, 1.807) is 11.8 Å². The second-order valence-corrected chi connectivity index (χ2v) is 5.20. The molecule has 1 N–H and O–H groups in total. The van der Waals surface area contributed by atoms with Gasteiger partial charge in [-0.2, -0.15) is 0 Å². The molecule has 19 heavy (non-hydrogen) atoms. The zero-order valence-corrected chi connectivity index (χ0v) is 12.4. The predicted octanol–water partition coefficient (Wildman–Crippen LogP) is 1.17. The number of rotatable bonds is 7. The van der Waals surface area contributed by atoms with Crippen LogP contribution in [0, 0.1) is 5.92 Å². The van der Waals surface area contributed by atoms with E-state index in [1.165, 1.54) is 0 Å². The lowest BCUT2D eigenvalue weighted by atomic mass is 9.93. The standard InChI is InChI=1S/C14H26N2O3/c1-5-8-19-9-7-16-12(10(3)6-2)13(17)15-11(4)14(16)18/h10-12H,5-9H2,1-4H3,(H,15,17). The van der Waals surface area contributed by atoms with Crippen molar-refractivity contribution in [2.75, 3.05) is 19.8 Å². The van der Waals surface area contributed by atoms with Crippen LogP contribution in [0.25, 0.3) is 0 Å². The van der Waals surface area contributed by atoms with Crippen molar-refractivity contribution in [3.8, 4) is 0 Å². The first-order valence-electron chi connectivity index (χ1n) is 7.21. The highest BCUT2D eigenvalue weighted by Gasteiger charge is 2.40. The maximum atomic E-state index is 12.2. The molecule has 1 rings (SSSR count). The Balaban J connectivity index is 2.72. The Morgan fingerprint density at radius 3 is 2.58 bits per heavy atom. The Labute approximate surface area is 115 Å². The molecule has 0 saturated carbocycles. The van der Waals surface area contributed by atoms with Gasteiger partial charge in [-0.1, -0.05) is 27.2 Å². The number of amides is 2. The average molecular weight is 270 g/mol. The summed E-state index contributed by atoms with van der Waals surface area (Å²) in [5.74, 6) is 0.101. The Hall–Kier alpha value is -1.10. The highest BCUT2D eigenvalue weighted by atomic mass is 16.5. The van der Waals surface area contributed by atoms with Crippen molar-refractivity contribution in [3.63, 3.8) is 0 Å². The summed E-state index contributed by atoms with van der Waals surface area (Å²) in [6.07, 6.45) is 1.83. The predicted molar refractivity (Wildman–Crippen MR) is 73.7 cm³/mol. The fourth-order valence-corrected chi connectivity index (χ4v) is 2.34. The molecular formula is C14H26N2O3. The molecular weight excluding hydrogens is 244 g/mol. The molecule has 5 nitrogen and oxygen atoms in total. The number of ether oxygens (including phenoxy) is 1. The molecule has 1 aliphatic heterocycles. The summed E-state index contributed by atoms with van der Waals surface area (Å²) in [6, 6.07) is -0.794. The van der Waals surface area contributed by atoms with Gasteiger partial charge in [0, 0.05) is 13.2 Å². The summed E-state index contributed by atoms with van der Waals surface area (Å²) in [5, 5.41) is 2.75. The van der Waals surface area contributed by atoms with Gasteiger partial charge >= 0.3 is 0 Å². The molecule has 1 fully saturated rings. The third kappa shape index (κ3) is 3.93. The SMILES string of the molecule is CCCOCCN1C(=O)C(C)NC(=O)C1C(C)CC. The van der Waals surface area contributed by atoms with Gasteiger partial charge < -0.3 is 15.0 Å². The molecule has 3 unspecified atom stereocenters. The van der Waals surface area contributed by atoms with Crippen LogP contribution in [0.5, 0.6) is 0 Å². The van der Waals surface area contributed by atoms with Gasteiger partial charge in [0.15, 0.2) is 0 Å². The van der Waals surface area contributed by atoms with Crippen molar-refractivity contribution in [2.24, 2.45) is 5.92 Å². The van der Waals surface area contributed by atoms with Crippen LogP contribution in [0.3, 0.4) is 0 Å². The van der Waals surface area contributed by atoms with Crippen LogP contribution in [0.2, 0.25) is 0 Å². The Bertz CT molecular complexity index is 320. The molecule has 1 heterocycles. The summed E-state index contributed by atoms with van der Waals surface area (Å²) in [7, 11) is 0. The van der Waals surface area contributed by atoms with Gasteiger partial charge in [-0.25, -0.2) is 0 Å². The first kappa shape index (κ1) is 16.0. The van der Waals surface area contributed by atoms with Gasteiger partial charge in [0.1, 0.15) is 12.1 Å². The Morgan fingerprint density at radius 2 is 2.00 bits per heavy atom. The number of hydrogen-bond acceptors (Lipinski definition) is 3.